The Morgan fingerprint density at radius 1 is 1.20 bits per heavy atom. The molecule has 0 bridgehead atoms. The van der Waals surface area contributed by atoms with E-state index in [1.165, 1.54) is 12.1 Å². The van der Waals surface area contributed by atoms with Crippen LogP contribution in [0.1, 0.15) is 30.3 Å². The van der Waals surface area contributed by atoms with Gasteiger partial charge in [-0.05, 0) is 44.1 Å². The Morgan fingerprint density at radius 2 is 2.08 bits per heavy atom. The first kappa shape index (κ1) is 15.8. The molecule has 0 spiro atoms. The van der Waals surface area contributed by atoms with E-state index in [-0.39, 0.29) is 5.82 Å². The Labute approximate surface area is 144 Å². The van der Waals surface area contributed by atoms with Crippen molar-refractivity contribution in [1.29, 1.82) is 0 Å². The standard InChI is InChI=1S/C18H18FN5O/c19-15-3-1-2-14(10-15)17-4-7-20-18(22-17)13-5-8-24(9-6-13)12-16-11-21-25-23-16/h1-4,7,10-11,13H,5-6,8-9,12H2. The topological polar surface area (TPSA) is 67.9 Å². The molecule has 0 unspecified atom stereocenters. The van der Waals surface area contributed by atoms with Crippen LogP contribution in [0.25, 0.3) is 11.3 Å². The lowest BCUT2D eigenvalue weighted by atomic mass is 9.95. The number of nitrogens with zero attached hydrogens (tertiary/aromatic N) is 5. The lowest BCUT2D eigenvalue weighted by Crippen LogP contribution is -2.33. The van der Waals surface area contributed by atoms with Gasteiger partial charge in [0.15, 0.2) is 0 Å². The summed E-state index contributed by atoms with van der Waals surface area (Å²) in [5.41, 5.74) is 2.39. The van der Waals surface area contributed by atoms with Gasteiger partial charge in [-0.25, -0.2) is 19.0 Å². The molecule has 0 N–H and O–H groups in total. The third-order valence-corrected chi connectivity index (χ3v) is 4.54. The number of aromatic nitrogens is 4. The number of likely N-dealkylation sites (tertiary alicyclic amines) is 1. The SMILES string of the molecule is Fc1cccc(-c2ccnc(C3CCN(Cc4cnon4)CC3)n2)c1. The van der Waals surface area contributed by atoms with Crippen molar-refractivity contribution in [3.8, 4) is 11.3 Å². The van der Waals surface area contributed by atoms with E-state index >= 15 is 0 Å². The Kier molecular flexibility index (Phi) is 4.47. The molecule has 0 aliphatic carbocycles. The summed E-state index contributed by atoms with van der Waals surface area (Å²) in [6.45, 7) is 2.65. The number of hydrogen-bond donors (Lipinski definition) is 0. The average Bonchev–Trinajstić information content (AvgIpc) is 3.16. The van der Waals surface area contributed by atoms with Crippen molar-refractivity contribution in [2.45, 2.75) is 25.3 Å². The quantitative estimate of drug-likeness (QED) is 0.728. The van der Waals surface area contributed by atoms with E-state index in [1.54, 1.807) is 18.5 Å². The van der Waals surface area contributed by atoms with Gasteiger partial charge in [0, 0.05) is 24.2 Å². The summed E-state index contributed by atoms with van der Waals surface area (Å²) in [5.74, 6) is 0.901. The Bertz CT molecular complexity index is 831. The van der Waals surface area contributed by atoms with Gasteiger partial charge in [-0.15, -0.1) is 0 Å². The number of halogens is 1. The predicted molar refractivity (Wildman–Crippen MR) is 89.0 cm³/mol. The molecule has 25 heavy (non-hydrogen) atoms. The fourth-order valence-corrected chi connectivity index (χ4v) is 3.21. The van der Waals surface area contributed by atoms with Gasteiger partial charge in [0.2, 0.25) is 0 Å². The van der Waals surface area contributed by atoms with Crippen LogP contribution >= 0.6 is 0 Å². The van der Waals surface area contributed by atoms with Crippen molar-refractivity contribution in [1.82, 2.24) is 25.2 Å². The van der Waals surface area contributed by atoms with Gasteiger partial charge in [-0.2, -0.15) is 0 Å². The number of benzene rings is 1. The summed E-state index contributed by atoms with van der Waals surface area (Å²) in [7, 11) is 0. The van der Waals surface area contributed by atoms with Crippen molar-refractivity contribution in [2.24, 2.45) is 0 Å². The zero-order chi connectivity index (χ0) is 17.1. The second-order valence-corrected chi connectivity index (χ2v) is 6.26. The predicted octanol–water partition coefficient (Wildman–Crippen LogP) is 3.05. The van der Waals surface area contributed by atoms with Crippen LogP contribution < -0.4 is 0 Å². The maximum atomic E-state index is 13.4. The van der Waals surface area contributed by atoms with E-state index in [4.69, 9.17) is 0 Å². The summed E-state index contributed by atoms with van der Waals surface area (Å²) >= 11 is 0. The molecule has 1 aliphatic rings. The first-order valence-electron chi connectivity index (χ1n) is 8.35. The van der Waals surface area contributed by atoms with Crippen molar-refractivity contribution in [3.05, 3.63) is 60.1 Å². The maximum absolute atomic E-state index is 13.4. The van der Waals surface area contributed by atoms with Crippen LogP contribution in [0, 0.1) is 5.82 Å². The normalized spacial score (nSPS) is 16.2. The number of piperidine rings is 1. The van der Waals surface area contributed by atoms with E-state index in [2.05, 4.69) is 29.8 Å². The van der Waals surface area contributed by atoms with Gasteiger partial charge in [-0.1, -0.05) is 22.4 Å². The Hall–Kier alpha value is -2.67. The molecule has 1 aliphatic heterocycles. The molecule has 1 saturated heterocycles. The van der Waals surface area contributed by atoms with Crippen molar-refractivity contribution in [2.75, 3.05) is 13.1 Å². The zero-order valence-corrected chi connectivity index (χ0v) is 13.7. The molecule has 0 atom stereocenters. The lowest BCUT2D eigenvalue weighted by Gasteiger charge is -2.30. The highest BCUT2D eigenvalue weighted by Crippen LogP contribution is 2.27. The highest BCUT2D eigenvalue weighted by Gasteiger charge is 2.23. The average molecular weight is 339 g/mol. The largest absolute Gasteiger partial charge is 0.297 e. The highest BCUT2D eigenvalue weighted by atomic mass is 19.1. The van der Waals surface area contributed by atoms with Crippen LogP contribution in [0.2, 0.25) is 0 Å². The van der Waals surface area contributed by atoms with E-state index in [0.717, 1.165) is 55.3 Å². The smallest absolute Gasteiger partial charge is 0.132 e. The third-order valence-electron chi connectivity index (χ3n) is 4.54. The monoisotopic (exact) mass is 339 g/mol. The summed E-state index contributed by atoms with van der Waals surface area (Å²) in [5, 5.41) is 7.49. The molecule has 1 fully saturated rings. The fourth-order valence-electron chi connectivity index (χ4n) is 3.21. The summed E-state index contributed by atoms with van der Waals surface area (Å²) in [4.78, 5) is 11.5. The van der Waals surface area contributed by atoms with Crippen molar-refractivity contribution < 1.29 is 9.02 Å². The second-order valence-electron chi connectivity index (χ2n) is 6.26. The molecule has 128 valence electrons. The van der Waals surface area contributed by atoms with Gasteiger partial charge >= 0.3 is 0 Å². The van der Waals surface area contributed by atoms with Crippen LogP contribution in [0.3, 0.4) is 0 Å². The van der Waals surface area contributed by atoms with Gasteiger partial charge in [0.05, 0.1) is 11.9 Å². The molecule has 0 amide bonds. The van der Waals surface area contributed by atoms with E-state index < -0.39 is 0 Å². The van der Waals surface area contributed by atoms with Crippen LogP contribution in [0.5, 0.6) is 0 Å². The van der Waals surface area contributed by atoms with Gasteiger partial charge in [-0.3, -0.25) is 4.90 Å². The third kappa shape index (κ3) is 3.71. The van der Waals surface area contributed by atoms with E-state index in [9.17, 15) is 4.39 Å². The van der Waals surface area contributed by atoms with Gasteiger partial charge in [0.25, 0.3) is 0 Å². The first-order chi connectivity index (χ1) is 12.3. The molecule has 0 radical (unpaired) electrons. The summed E-state index contributed by atoms with van der Waals surface area (Å²) in [6, 6.07) is 8.32. The Balaban J connectivity index is 1.44. The number of hydrogen-bond acceptors (Lipinski definition) is 6. The molecular formula is C18H18FN5O. The fraction of sp³-hybridized carbons (Fsp3) is 0.333. The zero-order valence-electron chi connectivity index (χ0n) is 13.7. The van der Waals surface area contributed by atoms with Crippen LogP contribution in [0.4, 0.5) is 4.39 Å². The highest BCUT2D eigenvalue weighted by molar-refractivity contribution is 5.58. The molecule has 7 heteroatoms. The molecule has 3 aromatic rings. The summed E-state index contributed by atoms with van der Waals surface area (Å²) < 4.78 is 18.1. The van der Waals surface area contributed by atoms with Crippen molar-refractivity contribution in [3.63, 3.8) is 0 Å². The molecule has 4 rings (SSSR count). The minimum absolute atomic E-state index is 0.256. The van der Waals surface area contributed by atoms with Crippen LogP contribution in [0.15, 0.2) is 47.4 Å². The van der Waals surface area contributed by atoms with E-state index in [1.807, 2.05) is 12.1 Å². The minimum atomic E-state index is -0.256. The molecule has 0 saturated carbocycles. The van der Waals surface area contributed by atoms with Crippen LogP contribution in [-0.4, -0.2) is 38.3 Å². The van der Waals surface area contributed by atoms with Gasteiger partial charge < -0.3 is 0 Å². The number of rotatable bonds is 4. The second kappa shape index (κ2) is 7.06. The molecule has 1 aromatic carbocycles. The Morgan fingerprint density at radius 3 is 2.84 bits per heavy atom. The lowest BCUT2D eigenvalue weighted by molar-refractivity contribution is 0.195. The molecular weight excluding hydrogens is 321 g/mol. The van der Waals surface area contributed by atoms with E-state index in [0.29, 0.717) is 5.92 Å². The molecule has 2 aromatic heterocycles. The molecule has 3 heterocycles. The minimum Gasteiger partial charge on any atom is -0.297 e. The maximum Gasteiger partial charge on any atom is 0.132 e. The van der Waals surface area contributed by atoms with Crippen molar-refractivity contribution >= 4 is 0 Å². The molecule has 6 nitrogen and oxygen atoms in total. The summed E-state index contributed by atoms with van der Waals surface area (Å²) in [6.07, 6.45) is 5.38. The van der Waals surface area contributed by atoms with Crippen LogP contribution in [-0.2, 0) is 6.54 Å². The first-order valence-corrected chi connectivity index (χ1v) is 8.35. The van der Waals surface area contributed by atoms with Gasteiger partial charge in [0.1, 0.15) is 17.3 Å².